The van der Waals surface area contributed by atoms with Crippen LogP contribution in [0.4, 0.5) is 17.6 Å². The molecule has 1 fully saturated rings. The number of carboxylic acid groups (broad SMARTS) is 1. The molecule has 1 amide bonds. The summed E-state index contributed by atoms with van der Waals surface area (Å²) in [6.45, 7) is 3.44. The first kappa shape index (κ1) is 19.2. The van der Waals surface area contributed by atoms with Gasteiger partial charge in [-0.25, -0.2) is 4.39 Å². The van der Waals surface area contributed by atoms with Crippen LogP contribution in [-0.2, 0) is 15.8 Å². The number of alkyl halides is 4. The molecule has 1 saturated heterocycles. The largest absolute Gasteiger partial charge is 0.481 e. The number of halogens is 4. The van der Waals surface area contributed by atoms with Gasteiger partial charge in [-0.05, 0) is 30.0 Å². The molecular formula is C17H19F4NO3. The fraction of sp³-hybridized carbons (Fsp3) is 0.529. The van der Waals surface area contributed by atoms with Crippen molar-refractivity contribution in [3.63, 3.8) is 0 Å². The maximum absolute atomic E-state index is 14.4. The topological polar surface area (TPSA) is 57.6 Å². The molecule has 138 valence electrons. The van der Waals surface area contributed by atoms with E-state index in [-0.39, 0.29) is 31.0 Å². The molecule has 0 saturated carbocycles. The molecule has 0 bridgehead atoms. The quantitative estimate of drug-likeness (QED) is 0.833. The Bertz CT molecular complexity index is 657. The zero-order valence-corrected chi connectivity index (χ0v) is 13.8. The van der Waals surface area contributed by atoms with Gasteiger partial charge in [-0.2, -0.15) is 13.2 Å². The van der Waals surface area contributed by atoms with Gasteiger partial charge in [0.05, 0.1) is 11.0 Å². The number of rotatable bonds is 4. The average Bonchev–Trinajstić information content (AvgIpc) is 2.99. The lowest BCUT2D eigenvalue weighted by Crippen LogP contribution is -2.41. The Morgan fingerprint density at radius 1 is 1.20 bits per heavy atom. The number of benzene rings is 1. The zero-order valence-electron chi connectivity index (χ0n) is 13.8. The Hall–Kier alpha value is -2.12. The highest BCUT2D eigenvalue weighted by Gasteiger charge is 2.49. The van der Waals surface area contributed by atoms with Gasteiger partial charge in [0.2, 0.25) is 6.17 Å². The first-order valence-electron chi connectivity index (χ1n) is 7.82. The van der Waals surface area contributed by atoms with Gasteiger partial charge < -0.3 is 10.0 Å². The van der Waals surface area contributed by atoms with E-state index < -0.39 is 35.2 Å². The molecule has 1 heterocycles. The van der Waals surface area contributed by atoms with Gasteiger partial charge in [-0.1, -0.05) is 26.0 Å². The van der Waals surface area contributed by atoms with Crippen LogP contribution in [0.3, 0.4) is 0 Å². The minimum atomic E-state index is -4.54. The monoisotopic (exact) mass is 361 g/mol. The second-order valence-corrected chi connectivity index (χ2v) is 6.61. The van der Waals surface area contributed by atoms with Crippen LogP contribution in [0.25, 0.3) is 0 Å². The second-order valence-electron chi connectivity index (χ2n) is 6.61. The number of hydrogen-bond donors (Lipinski definition) is 1. The van der Waals surface area contributed by atoms with Crippen LogP contribution in [0.15, 0.2) is 24.3 Å². The number of hydrogen-bond acceptors (Lipinski definition) is 2. The highest BCUT2D eigenvalue weighted by atomic mass is 19.4. The Balaban J connectivity index is 2.14. The fourth-order valence-electron chi connectivity index (χ4n) is 3.06. The normalized spacial score (nSPS) is 22.3. The molecule has 1 aliphatic rings. The van der Waals surface area contributed by atoms with Gasteiger partial charge in [-0.15, -0.1) is 0 Å². The Kier molecular flexibility index (Phi) is 5.11. The molecule has 1 N–H and O–H groups in total. The van der Waals surface area contributed by atoms with Gasteiger partial charge >= 0.3 is 12.1 Å². The van der Waals surface area contributed by atoms with Crippen molar-refractivity contribution in [2.45, 2.75) is 32.6 Å². The summed E-state index contributed by atoms with van der Waals surface area (Å²) in [6, 6.07) is 3.28. The van der Waals surface area contributed by atoms with E-state index in [4.69, 9.17) is 0 Å². The molecule has 0 aromatic heterocycles. The minimum absolute atomic E-state index is 0.102. The lowest BCUT2D eigenvalue weighted by atomic mass is 9.76. The van der Waals surface area contributed by atoms with Gasteiger partial charge in [0.15, 0.2) is 0 Å². The van der Waals surface area contributed by atoms with Crippen LogP contribution >= 0.6 is 0 Å². The maximum atomic E-state index is 14.4. The molecule has 1 aromatic rings. The number of likely N-dealkylation sites (tertiary alicyclic amines) is 1. The van der Waals surface area contributed by atoms with Gasteiger partial charge in [0, 0.05) is 13.1 Å². The van der Waals surface area contributed by atoms with Crippen molar-refractivity contribution >= 4 is 11.9 Å². The molecule has 4 nitrogen and oxygen atoms in total. The average molecular weight is 361 g/mol. The summed E-state index contributed by atoms with van der Waals surface area (Å²) >= 11 is 0. The van der Waals surface area contributed by atoms with E-state index in [0.29, 0.717) is 0 Å². The Labute approximate surface area is 142 Å². The third-order valence-electron chi connectivity index (χ3n) is 4.89. The molecule has 0 spiro atoms. The number of nitrogens with zero attached hydrogens (tertiary/aromatic N) is 1. The van der Waals surface area contributed by atoms with Crippen molar-refractivity contribution in [2.24, 2.45) is 11.3 Å². The van der Waals surface area contributed by atoms with E-state index in [1.165, 1.54) is 0 Å². The summed E-state index contributed by atoms with van der Waals surface area (Å²) in [7, 11) is 0. The molecule has 25 heavy (non-hydrogen) atoms. The molecule has 2 rings (SSSR count). The van der Waals surface area contributed by atoms with Crippen LogP contribution in [0.1, 0.15) is 37.6 Å². The lowest BCUT2D eigenvalue weighted by Gasteiger charge is -2.29. The SMILES string of the molecule is CC(C)C1(C(=O)O)CCN(C(=O)C(F)c2ccc(C(F)(F)F)cc2)C1. The third-order valence-corrected chi connectivity index (χ3v) is 4.89. The van der Waals surface area contributed by atoms with Crippen molar-refractivity contribution in [3.05, 3.63) is 35.4 Å². The van der Waals surface area contributed by atoms with E-state index in [0.717, 1.165) is 29.2 Å². The van der Waals surface area contributed by atoms with Crippen LogP contribution in [-0.4, -0.2) is 35.0 Å². The van der Waals surface area contributed by atoms with Gasteiger partial charge in [0.25, 0.3) is 5.91 Å². The number of amides is 1. The van der Waals surface area contributed by atoms with E-state index >= 15 is 0 Å². The summed E-state index contributed by atoms with van der Waals surface area (Å²) in [5, 5.41) is 9.46. The molecule has 2 unspecified atom stereocenters. The van der Waals surface area contributed by atoms with Crippen molar-refractivity contribution in [1.29, 1.82) is 0 Å². The molecule has 0 aliphatic carbocycles. The van der Waals surface area contributed by atoms with Gasteiger partial charge in [-0.3, -0.25) is 9.59 Å². The summed E-state index contributed by atoms with van der Waals surface area (Å²) in [5.74, 6) is -2.21. The maximum Gasteiger partial charge on any atom is 0.416 e. The first-order valence-corrected chi connectivity index (χ1v) is 7.82. The minimum Gasteiger partial charge on any atom is -0.481 e. The van der Waals surface area contributed by atoms with E-state index in [1.807, 2.05) is 0 Å². The van der Waals surface area contributed by atoms with Crippen molar-refractivity contribution in [1.82, 2.24) is 4.90 Å². The van der Waals surface area contributed by atoms with Crippen molar-refractivity contribution < 1.29 is 32.3 Å². The predicted octanol–water partition coefficient (Wildman–Crippen LogP) is 3.68. The number of carbonyl (C=O) groups is 2. The second kappa shape index (κ2) is 6.65. The fourth-order valence-corrected chi connectivity index (χ4v) is 3.06. The summed E-state index contributed by atoms with van der Waals surface area (Å²) in [4.78, 5) is 25.0. The molecular weight excluding hydrogens is 342 g/mol. The first-order chi connectivity index (χ1) is 11.5. The molecule has 2 atom stereocenters. The number of carboxylic acids is 1. The van der Waals surface area contributed by atoms with Crippen LogP contribution < -0.4 is 0 Å². The van der Waals surface area contributed by atoms with Gasteiger partial charge in [0.1, 0.15) is 0 Å². The molecule has 8 heteroatoms. The summed E-state index contributed by atoms with van der Waals surface area (Å²) < 4.78 is 52.1. The summed E-state index contributed by atoms with van der Waals surface area (Å²) in [5.41, 5.74) is -2.24. The Morgan fingerprint density at radius 3 is 2.16 bits per heavy atom. The molecule has 1 aromatic carbocycles. The number of carbonyl (C=O) groups excluding carboxylic acids is 1. The van der Waals surface area contributed by atoms with E-state index in [1.54, 1.807) is 13.8 Å². The smallest absolute Gasteiger partial charge is 0.416 e. The van der Waals surface area contributed by atoms with Crippen LogP contribution in [0.2, 0.25) is 0 Å². The van der Waals surface area contributed by atoms with E-state index in [2.05, 4.69) is 0 Å². The Morgan fingerprint density at radius 2 is 1.76 bits per heavy atom. The summed E-state index contributed by atoms with van der Waals surface area (Å²) in [6.07, 6.45) is -6.45. The zero-order chi connectivity index (χ0) is 19.0. The standard InChI is InChI=1S/C17H19F4NO3/c1-10(2)16(15(24)25)7-8-22(9-16)14(23)13(18)11-3-5-12(6-4-11)17(19,20)21/h3-6,10,13H,7-9H2,1-2H3,(H,24,25). The van der Waals surface area contributed by atoms with E-state index in [9.17, 15) is 32.3 Å². The van der Waals surface area contributed by atoms with Crippen LogP contribution in [0, 0.1) is 11.3 Å². The highest BCUT2D eigenvalue weighted by molar-refractivity contribution is 5.84. The van der Waals surface area contributed by atoms with Crippen LogP contribution in [0.5, 0.6) is 0 Å². The predicted molar refractivity (Wildman–Crippen MR) is 81.4 cm³/mol. The highest BCUT2D eigenvalue weighted by Crippen LogP contribution is 2.39. The van der Waals surface area contributed by atoms with Crippen molar-refractivity contribution in [2.75, 3.05) is 13.1 Å². The lowest BCUT2D eigenvalue weighted by molar-refractivity contribution is -0.151. The van der Waals surface area contributed by atoms with Crippen molar-refractivity contribution in [3.8, 4) is 0 Å². The number of aliphatic carboxylic acids is 1. The third kappa shape index (κ3) is 3.62. The molecule has 1 aliphatic heterocycles. The molecule has 0 radical (unpaired) electrons.